The first-order valence-electron chi connectivity index (χ1n) is 4.86. The molecular weight excluding hydrogens is 325 g/mol. The Morgan fingerprint density at radius 2 is 1.55 bits per heavy atom. The molecule has 20 heavy (non-hydrogen) atoms. The largest absolute Gasteiger partial charge is 0.416 e. The number of nitrogens with one attached hydrogen (secondary N) is 1. The molecule has 0 aliphatic carbocycles. The third kappa shape index (κ3) is 4.59. The fourth-order valence-corrected chi connectivity index (χ4v) is 3.50. The van der Waals surface area contributed by atoms with Crippen LogP contribution < -0.4 is 5.32 Å². The zero-order valence-corrected chi connectivity index (χ0v) is 11.3. The zero-order chi connectivity index (χ0) is 15.8. The topological polar surface area (TPSA) is 127 Å². The van der Waals surface area contributed by atoms with Gasteiger partial charge in [0.15, 0.2) is 0 Å². The van der Waals surface area contributed by atoms with Crippen molar-refractivity contribution in [3.05, 3.63) is 29.8 Å². The van der Waals surface area contributed by atoms with Gasteiger partial charge in [0.1, 0.15) is 0 Å². The normalized spacial score (nSPS) is 13.6. The molecule has 1 aromatic carbocycles. The highest BCUT2D eigenvalue weighted by atomic mass is 31.2. The quantitative estimate of drug-likeness (QED) is 0.531. The maximum atomic E-state index is 12.4. The van der Waals surface area contributed by atoms with Gasteiger partial charge in [-0.25, -0.2) is 0 Å². The van der Waals surface area contributed by atoms with E-state index in [4.69, 9.17) is 19.6 Å². The van der Waals surface area contributed by atoms with Crippen molar-refractivity contribution in [2.75, 3.05) is 5.32 Å². The van der Waals surface area contributed by atoms with Crippen LogP contribution >= 0.6 is 15.2 Å². The van der Waals surface area contributed by atoms with Crippen LogP contribution in [0.5, 0.6) is 0 Å². The van der Waals surface area contributed by atoms with Gasteiger partial charge in [-0.1, -0.05) is 6.07 Å². The fourth-order valence-electron chi connectivity index (χ4n) is 1.30. The Balaban J connectivity index is 3.14. The lowest BCUT2D eigenvalue weighted by Gasteiger charge is -2.22. The van der Waals surface area contributed by atoms with Crippen LogP contribution in [0.15, 0.2) is 24.3 Å². The zero-order valence-electron chi connectivity index (χ0n) is 9.52. The van der Waals surface area contributed by atoms with Crippen LogP contribution in [0.3, 0.4) is 0 Å². The van der Waals surface area contributed by atoms with E-state index in [0.717, 1.165) is 12.1 Å². The van der Waals surface area contributed by atoms with Gasteiger partial charge in [-0.15, -0.1) is 0 Å². The Morgan fingerprint density at radius 3 is 1.95 bits per heavy atom. The molecule has 0 atom stereocenters. The first-order chi connectivity index (χ1) is 8.82. The molecule has 5 N–H and O–H groups in total. The molecule has 0 aromatic heterocycles. The number of alkyl halides is 3. The fraction of sp³-hybridized carbons (Fsp3) is 0.250. The van der Waals surface area contributed by atoms with Crippen molar-refractivity contribution >= 4 is 20.9 Å². The summed E-state index contributed by atoms with van der Waals surface area (Å²) < 4.78 is 59.3. The Kier molecular flexibility index (Phi) is 4.70. The molecule has 0 unspecified atom stereocenters. The highest BCUT2D eigenvalue weighted by Crippen LogP contribution is 2.59. The maximum absolute atomic E-state index is 12.4. The summed E-state index contributed by atoms with van der Waals surface area (Å²) in [6.45, 7) is 0. The molecule has 1 rings (SSSR count). The van der Waals surface area contributed by atoms with Crippen molar-refractivity contribution in [3.8, 4) is 0 Å². The van der Waals surface area contributed by atoms with Gasteiger partial charge in [-0.2, -0.15) is 13.2 Å². The average molecular weight is 335 g/mol. The van der Waals surface area contributed by atoms with Crippen LogP contribution in [-0.2, 0) is 15.3 Å². The van der Waals surface area contributed by atoms with Gasteiger partial charge in [-0.05, 0) is 18.2 Å². The van der Waals surface area contributed by atoms with Crippen molar-refractivity contribution < 1.29 is 41.9 Å². The standard InChI is InChI=1S/C8H10F3NO6P2/c9-8(10,11)5-2-1-3-6(4-5)12-7(19(13,14)15)20(16,17)18/h1-4,7,12H,(H2,13,14,15)(H2,16,17,18). The highest BCUT2D eigenvalue weighted by molar-refractivity contribution is 7.71. The minimum Gasteiger partial charge on any atom is -0.362 e. The smallest absolute Gasteiger partial charge is 0.362 e. The van der Waals surface area contributed by atoms with Crippen LogP contribution in [0.2, 0.25) is 0 Å². The molecule has 0 aliphatic heterocycles. The minimum atomic E-state index is -5.27. The summed E-state index contributed by atoms with van der Waals surface area (Å²) >= 11 is 0. The summed E-state index contributed by atoms with van der Waals surface area (Å²) in [5.74, 6) is 0. The number of hydrogen-bond acceptors (Lipinski definition) is 3. The molecule has 0 saturated carbocycles. The second kappa shape index (κ2) is 5.48. The van der Waals surface area contributed by atoms with Gasteiger partial charge >= 0.3 is 21.4 Å². The number of hydrogen-bond donors (Lipinski definition) is 5. The van der Waals surface area contributed by atoms with Crippen molar-refractivity contribution in [1.29, 1.82) is 0 Å². The first kappa shape index (κ1) is 17.2. The van der Waals surface area contributed by atoms with Crippen LogP contribution in [0.4, 0.5) is 18.9 Å². The minimum absolute atomic E-state index is 0.475. The van der Waals surface area contributed by atoms with E-state index in [1.165, 1.54) is 0 Å². The molecule has 1 aromatic rings. The molecule has 12 heteroatoms. The first-order valence-corrected chi connectivity index (χ1v) is 8.22. The molecular formula is C8H10F3NO6P2. The second-order valence-electron chi connectivity index (χ2n) is 3.77. The van der Waals surface area contributed by atoms with E-state index in [0.29, 0.717) is 12.1 Å². The molecule has 114 valence electrons. The van der Waals surface area contributed by atoms with E-state index in [1.807, 2.05) is 0 Å². The summed E-state index contributed by atoms with van der Waals surface area (Å²) in [4.78, 5) is 35.4. The third-order valence-electron chi connectivity index (χ3n) is 2.12. The summed E-state index contributed by atoms with van der Waals surface area (Å²) in [7, 11) is -10.5. The molecule has 0 bridgehead atoms. The number of benzene rings is 1. The maximum Gasteiger partial charge on any atom is 0.416 e. The summed E-state index contributed by atoms with van der Waals surface area (Å²) in [6, 6.07) is 3.11. The Bertz CT molecular complexity index is 558. The number of rotatable bonds is 4. The van der Waals surface area contributed by atoms with Gasteiger partial charge in [0.05, 0.1) is 5.56 Å². The van der Waals surface area contributed by atoms with Gasteiger partial charge in [0.25, 0.3) is 0 Å². The van der Waals surface area contributed by atoms with Crippen molar-refractivity contribution in [1.82, 2.24) is 0 Å². The molecule has 0 fully saturated rings. The van der Waals surface area contributed by atoms with Crippen LogP contribution in [0.1, 0.15) is 5.56 Å². The number of anilines is 1. The van der Waals surface area contributed by atoms with E-state index < -0.39 is 38.1 Å². The van der Waals surface area contributed by atoms with Gasteiger partial charge < -0.3 is 24.9 Å². The van der Waals surface area contributed by atoms with Crippen molar-refractivity contribution in [2.45, 2.75) is 11.7 Å². The predicted molar refractivity (Wildman–Crippen MR) is 62.9 cm³/mol. The monoisotopic (exact) mass is 335 g/mol. The van der Waals surface area contributed by atoms with E-state index in [9.17, 15) is 22.3 Å². The second-order valence-corrected chi connectivity index (χ2v) is 7.57. The predicted octanol–water partition coefficient (Wildman–Crippen LogP) is 1.76. The van der Waals surface area contributed by atoms with E-state index in [2.05, 4.69) is 0 Å². The molecule has 0 spiro atoms. The van der Waals surface area contributed by atoms with Crippen LogP contribution in [-0.4, -0.2) is 25.1 Å². The van der Waals surface area contributed by atoms with Gasteiger partial charge in [0, 0.05) is 5.69 Å². The lowest BCUT2D eigenvalue weighted by Crippen LogP contribution is -2.20. The summed E-state index contributed by atoms with van der Waals surface area (Å²) in [5, 5.41) is 1.75. The van der Waals surface area contributed by atoms with Gasteiger partial charge in [0.2, 0.25) is 5.52 Å². The Morgan fingerprint density at radius 1 is 1.05 bits per heavy atom. The van der Waals surface area contributed by atoms with Crippen molar-refractivity contribution in [2.24, 2.45) is 0 Å². The van der Waals surface area contributed by atoms with Gasteiger partial charge in [-0.3, -0.25) is 9.13 Å². The Labute approximate surface area is 110 Å². The van der Waals surface area contributed by atoms with E-state index in [-0.39, 0.29) is 0 Å². The molecule has 0 amide bonds. The SMILES string of the molecule is O=P(O)(O)C(Nc1cccc(C(F)(F)F)c1)P(=O)(O)O. The Hall–Kier alpha value is -0.890. The number of halogens is 3. The average Bonchev–Trinajstić information content (AvgIpc) is 2.22. The summed E-state index contributed by atoms with van der Waals surface area (Å²) in [6.07, 6.45) is -4.70. The molecule has 7 nitrogen and oxygen atoms in total. The highest BCUT2D eigenvalue weighted by Gasteiger charge is 2.43. The van der Waals surface area contributed by atoms with Crippen LogP contribution in [0, 0.1) is 0 Å². The lowest BCUT2D eigenvalue weighted by atomic mass is 10.2. The third-order valence-corrected chi connectivity index (χ3v) is 5.46. The summed E-state index contributed by atoms with van der Waals surface area (Å²) in [5.41, 5.74) is -4.22. The molecule has 0 saturated heterocycles. The van der Waals surface area contributed by atoms with E-state index in [1.54, 1.807) is 5.32 Å². The van der Waals surface area contributed by atoms with Crippen LogP contribution in [0.25, 0.3) is 0 Å². The lowest BCUT2D eigenvalue weighted by molar-refractivity contribution is -0.137. The van der Waals surface area contributed by atoms with E-state index >= 15 is 0 Å². The van der Waals surface area contributed by atoms with Crippen molar-refractivity contribution in [3.63, 3.8) is 0 Å². The molecule has 0 radical (unpaired) electrons. The molecule has 0 heterocycles. The molecule has 0 aliphatic rings.